The van der Waals surface area contributed by atoms with Crippen molar-refractivity contribution in [1.29, 1.82) is 0 Å². The molecule has 0 saturated carbocycles. The molecule has 6 nitrogen and oxygen atoms in total. The van der Waals surface area contributed by atoms with E-state index in [1.165, 1.54) is 25.1 Å². The summed E-state index contributed by atoms with van der Waals surface area (Å²) in [6, 6.07) is 12.9. The predicted octanol–water partition coefficient (Wildman–Crippen LogP) is 4.99. The summed E-state index contributed by atoms with van der Waals surface area (Å²) >= 11 is 0. The molecular formula is C24H21F3N2O4. The van der Waals surface area contributed by atoms with E-state index in [-0.39, 0.29) is 28.8 Å². The number of fused-ring (bicyclic) bond motifs is 1. The zero-order chi connectivity index (χ0) is 23.6. The van der Waals surface area contributed by atoms with Gasteiger partial charge in [0.2, 0.25) is 5.91 Å². The summed E-state index contributed by atoms with van der Waals surface area (Å²) in [6.45, 7) is -0.0244. The molecule has 0 bridgehead atoms. The van der Waals surface area contributed by atoms with Gasteiger partial charge in [-0.3, -0.25) is 4.79 Å². The van der Waals surface area contributed by atoms with Crippen molar-refractivity contribution in [3.8, 4) is 28.5 Å². The molecular weight excluding hydrogens is 437 g/mol. The molecule has 33 heavy (non-hydrogen) atoms. The van der Waals surface area contributed by atoms with Gasteiger partial charge in [-0.15, -0.1) is 0 Å². The van der Waals surface area contributed by atoms with Gasteiger partial charge in [0.05, 0.1) is 0 Å². The maximum absolute atomic E-state index is 14.0. The van der Waals surface area contributed by atoms with Crippen molar-refractivity contribution in [2.45, 2.75) is 39.5 Å². The number of nitrogens with one attached hydrogen (secondary N) is 1. The van der Waals surface area contributed by atoms with Gasteiger partial charge in [0.1, 0.15) is 5.69 Å². The molecule has 1 amide bonds. The second-order valence-corrected chi connectivity index (χ2v) is 7.63. The summed E-state index contributed by atoms with van der Waals surface area (Å²) in [4.78, 5) is 15.6. The highest BCUT2D eigenvalue weighted by molar-refractivity contribution is 5.72. The van der Waals surface area contributed by atoms with E-state index < -0.39 is 12.7 Å². The summed E-state index contributed by atoms with van der Waals surface area (Å²) in [7, 11) is 0. The maximum Gasteiger partial charge on any atom is 0.404 e. The van der Waals surface area contributed by atoms with E-state index in [1.807, 2.05) is 24.3 Å². The van der Waals surface area contributed by atoms with E-state index in [0.717, 1.165) is 18.1 Å². The summed E-state index contributed by atoms with van der Waals surface area (Å²) in [6.07, 6.45) is 0.440. The Morgan fingerprint density at radius 3 is 2.45 bits per heavy atom. The standard InChI is InChI=1S/C24H21F3N2O4/c1-14(30)28-13-16-5-3-15(4-6-16)11-18-8-10-20(31-23(25)26)22(29-18)17-7-9-19-21(12-17)33-24(2,27)32-19/h3-10,12,23H,11,13H2,1-2H3,(H,28,30). The third kappa shape index (κ3) is 5.54. The molecule has 0 spiro atoms. The Kier molecular flexibility index (Phi) is 6.13. The first-order valence-electron chi connectivity index (χ1n) is 10.2. The SMILES string of the molecule is CC(=O)NCc1ccc(Cc2ccc(OC(F)F)c(-c3ccc4c(c3)OC(C)(F)O4)n2)cc1. The molecule has 2 aromatic carbocycles. The van der Waals surface area contributed by atoms with Crippen LogP contribution in [-0.2, 0) is 17.8 Å². The van der Waals surface area contributed by atoms with E-state index in [4.69, 9.17) is 9.47 Å². The van der Waals surface area contributed by atoms with Crippen molar-refractivity contribution in [3.63, 3.8) is 0 Å². The van der Waals surface area contributed by atoms with Gasteiger partial charge in [0.25, 0.3) is 0 Å². The largest absolute Gasteiger partial charge is 0.432 e. The van der Waals surface area contributed by atoms with Gasteiger partial charge in [0, 0.05) is 38.1 Å². The predicted molar refractivity (Wildman–Crippen MR) is 114 cm³/mol. The monoisotopic (exact) mass is 458 g/mol. The number of ether oxygens (including phenoxy) is 3. The highest BCUT2D eigenvalue weighted by Crippen LogP contribution is 2.43. The van der Waals surface area contributed by atoms with Crippen molar-refractivity contribution in [1.82, 2.24) is 10.3 Å². The Morgan fingerprint density at radius 2 is 1.76 bits per heavy atom. The highest BCUT2D eigenvalue weighted by Gasteiger charge is 2.37. The van der Waals surface area contributed by atoms with Gasteiger partial charge in [-0.1, -0.05) is 24.3 Å². The number of alkyl halides is 3. The number of carbonyl (C=O) groups excluding carboxylic acids is 1. The lowest BCUT2D eigenvalue weighted by Crippen LogP contribution is -2.27. The van der Waals surface area contributed by atoms with Crippen LogP contribution < -0.4 is 19.5 Å². The third-order valence-corrected chi connectivity index (χ3v) is 4.88. The van der Waals surface area contributed by atoms with Crippen LogP contribution in [0.2, 0.25) is 0 Å². The lowest BCUT2D eigenvalue weighted by Gasteiger charge is -2.13. The fourth-order valence-electron chi connectivity index (χ4n) is 3.43. The zero-order valence-electron chi connectivity index (χ0n) is 17.9. The Labute approximate surface area is 188 Å². The fraction of sp³-hybridized carbons (Fsp3) is 0.250. The highest BCUT2D eigenvalue weighted by atomic mass is 19.3. The van der Waals surface area contributed by atoms with Gasteiger partial charge < -0.3 is 19.5 Å². The second-order valence-electron chi connectivity index (χ2n) is 7.63. The maximum atomic E-state index is 14.0. The van der Waals surface area contributed by atoms with E-state index >= 15 is 0 Å². The average Bonchev–Trinajstić information content (AvgIpc) is 3.07. The Bertz CT molecular complexity index is 1170. The minimum absolute atomic E-state index is 0.110. The van der Waals surface area contributed by atoms with Crippen LogP contribution in [0.15, 0.2) is 54.6 Å². The molecule has 172 valence electrons. The van der Waals surface area contributed by atoms with Crippen LogP contribution in [0.25, 0.3) is 11.3 Å². The van der Waals surface area contributed by atoms with Crippen molar-refractivity contribution in [2.24, 2.45) is 0 Å². The van der Waals surface area contributed by atoms with Gasteiger partial charge in [-0.2, -0.15) is 13.2 Å². The molecule has 9 heteroatoms. The molecule has 1 unspecified atom stereocenters. The molecule has 1 atom stereocenters. The Hall–Kier alpha value is -3.75. The number of pyridine rings is 1. The van der Waals surface area contributed by atoms with E-state index in [9.17, 15) is 18.0 Å². The first-order valence-corrected chi connectivity index (χ1v) is 10.2. The molecule has 1 aliphatic heterocycles. The van der Waals surface area contributed by atoms with Gasteiger partial charge in [-0.05, 0) is 41.5 Å². The number of hydrogen-bond donors (Lipinski definition) is 1. The molecule has 0 fully saturated rings. The summed E-state index contributed by atoms with van der Waals surface area (Å²) in [5.41, 5.74) is 3.10. The van der Waals surface area contributed by atoms with E-state index in [1.54, 1.807) is 12.1 Å². The molecule has 0 radical (unpaired) electrons. The van der Waals surface area contributed by atoms with Crippen LogP contribution in [0.1, 0.15) is 30.7 Å². The first-order chi connectivity index (χ1) is 15.7. The number of benzene rings is 2. The van der Waals surface area contributed by atoms with Crippen LogP contribution >= 0.6 is 0 Å². The number of hydrogen-bond acceptors (Lipinski definition) is 5. The minimum atomic E-state index is -3.03. The lowest BCUT2D eigenvalue weighted by molar-refractivity contribution is -0.173. The number of rotatable bonds is 7. The number of carbonyl (C=O) groups is 1. The van der Waals surface area contributed by atoms with Gasteiger partial charge in [0.15, 0.2) is 17.2 Å². The van der Waals surface area contributed by atoms with Gasteiger partial charge >= 0.3 is 12.7 Å². The normalized spacial score (nSPS) is 16.7. The molecule has 1 aliphatic rings. The van der Waals surface area contributed by atoms with Crippen LogP contribution in [0.3, 0.4) is 0 Å². The molecule has 1 aromatic heterocycles. The Morgan fingerprint density at radius 1 is 1.06 bits per heavy atom. The second kappa shape index (κ2) is 9.01. The van der Waals surface area contributed by atoms with Crippen LogP contribution in [0.4, 0.5) is 13.2 Å². The van der Waals surface area contributed by atoms with Gasteiger partial charge in [-0.25, -0.2) is 4.98 Å². The number of halogens is 3. The first kappa shape index (κ1) is 22.4. The molecule has 1 N–H and O–H groups in total. The summed E-state index contributed by atoms with van der Waals surface area (Å²) in [5, 5.41) is 2.73. The van der Waals surface area contributed by atoms with E-state index in [0.29, 0.717) is 24.2 Å². The molecule has 2 heterocycles. The number of nitrogens with zero attached hydrogens (tertiary/aromatic N) is 1. The van der Waals surface area contributed by atoms with E-state index in [2.05, 4.69) is 15.0 Å². The molecule has 0 saturated heterocycles. The smallest absolute Gasteiger partial charge is 0.404 e. The van der Waals surface area contributed by atoms with Crippen molar-refractivity contribution in [2.75, 3.05) is 0 Å². The lowest BCUT2D eigenvalue weighted by atomic mass is 10.0. The van der Waals surface area contributed by atoms with Crippen LogP contribution in [-0.4, -0.2) is 23.5 Å². The van der Waals surface area contributed by atoms with Crippen LogP contribution in [0.5, 0.6) is 17.2 Å². The molecule has 4 rings (SSSR count). The summed E-state index contributed by atoms with van der Waals surface area (Å²) in [5.74, 6) is 0.126. The summed E-state index contributed by atoms with van der Waals surface area (Å²) < 4.78 is 54.7. The molecule has 0 aliphatic carbocycles. The number of aromatic nitrogens is 1. The van der Waals surface area contributed by atoms with Crippen molar-refractivity contribution < 1.29 is 32.2 Å². The van der Waals surface area contributed by atoms with Crippen molar-refractivity contribution in [3.05, 3.63) is 71.4 Å². The minimum Gasteiger partial charge on any atom is -0.432 e. The average molecular weight is 458 g/mol. The Balaban J connectivity index is 1.60. The fourth-order valence-corrected chi connectivity index (χ4v) is 3.43. The third-order valence-electron chi connectivity index (χ3n) is 4.88. The van der Waals surface area contributed by atoms with Crippen LogP contribution in [0, 0.1) is 0 Å². The zero-order valence-corrected chi connectivity index (χ0v) is 17.9. The topological polar surface area (TPSA) is 69.7 Å². The number of amides is 1. The quantitative estimate of drug-likeness (QED) is 0.540. The molecule has 3 aromatic rings. The van der Waals surface area contributed by atoms with Crippen molar-refractivity contribution >= 4 is 5.91 Å².